The van der Waals surface area contributed by atoms with Crippen molar-refractivity contribution in [1.29, 1.82) is 5.26 Å². The fourth-order valence-electron chi connectivity index (χ4n) is 2.72. The Morgan fingerprint density at radius 1 is 1.52 bits per heavy atom. The summed E-state index contributed by atoms with van der Waals surface area (Å²) in [6, 6.07) is 5.81. The van der Waals surface area contributed by atoms with E-state index in [1.165, 1.54) is 17.1 Å². The van der Waals surface area contributed by atoms with Crippen molar-refractivity contribution >= 4 is 17.2 Å². The molecule has 0 spiro atoms. The average molecular weight is 298 g/mol. The van der Waals surface area contributed by atoms with Gasteiger partial charge in [0.05, 0.1) is 22.3 Å². The van der Waals surface area contributed by atoms with Gasteiger partial charge in [-0.3, -0.25) is 0 Å². The zero-order valence-electron chi connectivity index (χ0n) is 12.1. The number of nitriles is 1. The Morgan fingerprint density at radius 2 is 2.43 bits per heavy atom. The Bertz CT molecular complexity index is 658. The molecule has 0 amide bonds. The van der Waals surface area contributed by atoms with E-state index in [1.807, 2.05) is 6.07 Å². The normalized spacial score (nSPS) is 18.5. The van der Waals surface area contributed by atoms with Crippen molar-refractivity contribution in [3.8, 4) is 6.07 Å². The number of hydrogen-bond acceptors (Lipinski definition) is 5. The molecule has 5 heteroatoms. The van der Waals surface area contributed by atoms with Gasteiger partial charge in [0.15, 0.2) is 0 Å². The fourth-order valence-corrected chi connectivity index (χ4v) is 3.75. The number of aromatic nitrogens is 2. The topological polar surface area (TPSA) is 52.8 Å². The maximum absolute atomic E-state index is 9.02. The lowest BCUT2D eigenvalue weighted by Gasteiger charge is -2.32. The molecule has 0 aliphatic carbocycles. The summed E-state index contributed by atoms with van der Waals surface area (Å²) in [5.74, 6) is 1.39. The van der Waals surface area contributed by atoms with Crippen LogP contribution in [0.1, 0.15) is 41.9 Å². The summed E-state index contributed by atoms with van der Waals surface area (Å²) >= 11 is 1.78. The smallest absolute Gasteiger partial charge is 0.129 e. The monoisotopic (exact) mass is 298 g/mol. The Hall–Kier alpha value is -1.93. The second-order valence-corrected chi connectivity index (χ2v) is 6.22. The number of rotatable bonds is 3. The van der Waals surface area contributed by atoms with Gasteiger partial charge in [0.2, 0.25) is 0 Å². The first kappa shape index (κ1) is 14.0. The molecule has 21 heavy (non-hydrogen) atoms. The molecule has 0 N–H and O–H groups in total. The molecule has 2 aromatic rings. The Kier molecular flexibility index (Phi) is 4.16. The predicted octanol–water partition coefficient (Wildman–Crippen LogP) is 3.36. The number of aryl methyl sites for hydroxylation is 1. The van der Waals surface area contributed by atoms with Gasteiger partial charge >= 0.3 is 0 Å². The van der Waals surface area contributed by atoms with Gasteiger partial charge in [0, 0.05) is 30.6 Å². The van der Waals surface area contributed by atoms with Gasteiger partial charge < -0.3 is 4.90 Å². The van der Waals surface area contributed by atoms with Crippen LogP contribution < -0.4 is 4.90 Å². The molecular formula is C16H18N4S. The van der Waals surface area contributed by atoms with Crippen molar-refractivity contribution in [2.45, 2.75) is 32.1 Å². The number of pyridine rings is 1. The molecule has 0 saturated carbocycles. The summed E-state index contributed by atoms with van der Waals surface area (Å²) in [4.78, 5) is 11.4. The van der Waals surface area contributed by atoms with Gasteiger partial charge in [-0.05, 0) is 31.4 Å². The summed E-state index contributed by atoms with van der Waals surface area (Å²) in [7, 11) is 0. The van der Waals surface area contributed by atoms with Crippen LogP contribution in [0.15, 0.2) is 23.7 Å². The molecule has 2 aromatic heterocycles. The number of anilines is 1. The number of nitrogens with zero attached hydrogens (tertiary/aromatic N) is 4. The third-order valence-electron chi connectivity index (χ3n) is 3.90. The summed E-state index contributed by atoms with van der Waals surface area (Å²) in [5.41, 5.74) is 1.86. The van der Waals surface area contributed by atoms with E-state index in [1.54, 1.807) is 23.6 Å². The SMILES string of the molecule is CCc1csc([C@H]2CCCN(c3cc(C#N)ccn3)C2)n1. The van der Waals surface area contributed by atoms with E-state index in [4.69, 9.17) is 10.2 Å². The molecule has 1 aliphatic rings. The van der Waals surface area contributed by atoms with E-state index in [9.17, 15) is 0 Å². The first-order valence-corrected chi connectivity index (χ1v) is 8.23. The molecule has 1 fully saturated rings. The van der Waals surface area contributed by atoms with Crippen LogP contribution in [0.3, 0.4) is 0 Å². The molecule has 3 rings (SSSR count). The fraction of sp³-hybridized carbons (Fsp3) is 0.438. The molecule has 0 aromatic carbocycles. The summed E-state index contributed by atoms with van der Waals surface area (Å²) in [6.45, 7) is 4.09. The number of thiazole rings is 1. The predicted molar refractivity (Wildman–Crippen MR) is 84.6 cm³/mol. The van der Waals surface area contributed by atoms with Gasteiger partial charge in [-0.1, -0.05) is 6.92 Å². The van der Waals surface area contributed by atoms with Crippen LogP contribution in [-0.2, 0) is 6.42 Å². The van der Waals surface area contributed by atoms with Gasteiger partial charge in [0.1, 0.15) is 5.82 Å². The van der Waals surface area contributed by atoms with E-state index >= 15 is 0 Å². The van der Waals surface area contributed by atoms with E-state index in [-0.39, 0.29) is 0 Å². The van der Waals surface area contributed by atoms with Crippen molar-refractivity contribution in [3.05, 3.63) is 40.0 Å². The molecule has 108 valence electrons. The van der Waals surface area contributed by atoms with Crippen molar-refractivity contribution < 1.29 is 0 Å². The molecule has 3 heterocycles. The maximum atomic E-state index is 9.02. The maximum Gasteiger partial charge on any atom is 0.129 e. The second kappa shape index (κ2) is 6.23. The Morgan fingerprint density at radius 3 is 3.19 bits per heavy atom. The highest BCUT2D eigenvalue weighted by Gasteiger charge is 2.24. The van der Waals surface area contributed by atoms with E-state index in [0.29, 0.717) is 11.5 Å². The number of hydrogen-bond donors (Lipinski definition) is 0. The van der Waals surface area contributed by atoms with Crippen molar-refractivity contribution in [1.82, 2.24) is 9.97 Å². The summed E-state index contributed by atoms with van der Waals surface area (Å²) in [6.07, 6.45) is 5.05. The van der Waals surface area contributed by atoms with Crippen LogP contribution in [0.2, 0.25) is 0 Å². The average Bonchev–Trinajstić information content (AvgIpc) is 3.04. The molecule has 0 unspecified atom stereocenters. The summed E-state index contributed by atoms with van der Waals surface area (Å²) in [5, 5.41) is 12.4. The van der Waals surface area contributed by atoms with Gasteiger partial charge in [0.25, 0.3) is 0 Å². The highest BCUT2D eigenvalue weighted by molar-refractivity contribution is 7.09. The zero-order valence-corrected chi connectivity index (χ0v) is 12.9. The van der Waals surface area contributed by atoms with Crippen LogP contribution in [0, 0.1) is 11.3 Å². The third-order valence-corrected chi connectivity index (χ3v) is 4.96. The van der Waals surface area contributed by atoms with Crippen molar-refractivity contribution in [2.75, 3.05) is 18.0 Å². The lowest BCUT2D eigenvalue weighted by Crippen LogP contribution is -2.34. The van der Waals surface area contributed by atoms with Crippen LogP contribution in [-0.4, -0.2) is 23.1 Å². The molecule has 1 saturated heterocycles. The third kappa shape index (κ3) is 3.06. The molecular weight excluding hydrogens is 280 g/mol. The van der Waals surface area contributed by atoms with Gasteiger partial charge in [-0.15, -0.1) is 11.3 Å². The Labute approximate surface area is 129 Å². The van der Waals surface area contributed by atoms with E-state index in [2.05, 4.69) is 28.3 Å². The van der Waals surface area contributed by atoms with E-state index < -0.39 is 0 Å². The molecule has 1 aliphatic heterocycles. The largest absolute Gasteiger partial charge is 0.356 e. The van der Waals surface area contributed by atoms with Crippen molar-refractivity contribution in [3.63, 3.8) is 0 Å². The molecule has 4 nitrogen and oxygen atoms in total. The summed E-state index contributed by atoms with van der Waals surface area (Å²) < 4.78 is 0. The highest BCUT2D eigenvalue weighted by Crippen LogP contribution is 2.31. The second-order valence-electron chi connectivity index (χ2n) is 5.33. The quantitative estimate of drug-likeness (QED) is 0.872. The van der Waals surface area contributed by atoms with Crippen LogP contribution in [0.25, 0.3) is 0 Å². The van der Waals surface area contributed by atoms with Crippen LogP contribution >= 0.6 is 11.3 Å². The number of piperidine rings is 1. The highest BCUT2D eigenvalue weighted by atomic mass is 32.1. The minimum absolute atomic E-state index is 0.483. The molecule has 1 atom stereocenters. The van der Waals surface area contributed by atoms with Crippen molar-refractivity contribution in [2.24, 2.45) is 0 Å². The molecule has 0 radical (unpaired) electrons. The van der Waals surface area contributed by atoms with Crippen LogP contribution in [0.5, 0.6) is 0 Å². The van der Waals surface area contributed by atoms with Crippen LogP contribution in [0.4, 0.5) is 5.82 Å². The molecule has 0 bridgehead atoms. The zero-order chi connectivity index (χ0) is 14.7. The van der Waals surface area contributed by atoms with Gasteiger partial charge in [-0.25, -0.2) is 9.97 Å². The minimum Gasteiger partial charge on any atom is -0.356 e. The lowest BCUT2D eigenvalue weighted by atomic mass is 9.98. The van der Waals surface area contributed by atoms with E-state index in [0.717, 1.165) is 31.7 Å². The Balaban J connectivity index is 1.77. The lowest BCUT2D eigenvalue weighted by molar-refractivity contribution is 0.505. The standard InChI is InChI=1S/C16H18N4S/c1-2-14-11-21-16(19-14)13-4-3-7-20(10-13)15-8-12(9-17)5-6-18-15/h5-6,8,11,13H,2-4,7,10H2,1H3/t13-/m0/s1. The first-order chi connectivity index (χ1) is 10.3. The van der Waals surface area contributed by atoms with Gasteiger partial charge in [-0.2, -0.15) is 5.26 Å². The minimum atomic E-state index is 0.483. The first-order valence-electron chi connectivity index (χ1n) is 7.35.